The van der Waals surface area contributed by atoms with E-state index in [0.29, 0.717) is 11.3 Å². The lowest BCUT2D eigenvalue weighted by atomic mass is 10.1. The summed E-state index contributed by atoms with van der Waals surface area (Å²) in [5, 5.41) is 0. The molecule has 7 heteroatoms. The largest absolute Gasteiger partial charge is 0.424 e. The topological polar surface area (TPSA) is 74.1 Å². The number of para-hydroxylation sites is 1. The van der Waals surface area contributed by atoms with Crippen LogP contribution in [0, 0.1) is 5.82 Å². The fourth-order valence-electron chi connectivity index (χ4n) is 2.89. The highest BCUT2D eigenvalue weighted by Crippen LogP contribution is 2.18. The molecular weight excluding hydrogens is 385 g/mol. The van der Waals surface area contributed by atoms with Crippen LogP contribution in [-0.4, -0.2) is 26.2 Å². The Balaban J connectivity index is 1.54. The minimum atomic E-state index is -0.437. The van der Waals surface area contributed by atoms with Gasteiger partial charge in [-0.05, 0) is 48.0 Å². The first-order chi connectivity index (χ1) is 14.6. The van der Waals surface area contributed by atoms with Gasteiger partial charge in [0.05, 0.1) is 12.1 Å². The van der Waals surface area contributed by atoms with E-state index in [1.165, 1.54) is 47.3 Å². The van der Waals surface area contributed by atoms with E-state index in [-0.39, 0.29) is 35.5 Å². The van der Waals surface area contributed by atoms with E-state index in [4.69, 9.17) is 4.74 Å². The van der Waals surface area contributed by atoms with Crippen molar-refractivity contribution in [1.82, 2.24) is 14.5 Å². The summed E-state index contributed by atoms with van der Waals surface area (Å²) in [7, 11) is 0. The van der Waals surface area contributed by atoms with Crippen LogP contribution >= 0.6 is 0 Å². The van der Waals surface area contributed by atoms with Crippen LogP contribution in [-0.2, 0) is 6.42 Å². The van der Waals surface area contributed by atoms with Gasteiger partial charge in [-0.15, -0.1) is 0 Å². The predicted molar refractivity (Wildman–Crippen MR) is 107 cm³/mol. The van der Waals surface area contributed by atoms with Crippen LogP contribution in [0.25, 0.3) is 0 Å². The van der Waals surface area contributed by atoms with Gasteiger partial charge in [0.1, 0.15) is 17.3 Å². The molecule has 0 N–H and O–H groups in total. The quantitative estimate of drug-likeness (QED) is 0.450. The second-order valence-corrected chi connectivity index (χ2v) is 6.43. The SMILES string of the molecule is O=C(c1ccnc(Oc2ccccc2)n1)c1cccn1C(=O)Cc1ccc(F)cc1. The molecule has 4 aromatic rings. The van der Waals surface area contributed by atoms with Crippen LogP contribution < -0.4 is 4.74 Å². The van der Waals surface area contributed by atoms with Gasteiger partial charge >= 0.3 is 6.01 Å². The molecule has 4 rings (SSSR count). The van der Waals surface area contributed by atoms with Gasteiger partial charge in [-0.25, -0.2) is 9.37 Å². The fourth-order valence-corrected chi connectivity index (χ4v) is 2.89. The molecule has 0 saturated heterocycles. The molecule has 0 spiro atoms. The molecular formula is C23H16FN3O3. The highest BCUT2D eigenvalue weighted by Gasteiger charge is 2.19. The number of hydrogen-bond acceptors (Lipinski definition) is 5. The van der Waals surface area contributed by atoms with Gasteiger partial charge < -0.3 is 4.74 Å². The van der Waals surface area contributed by atoms with E-state index >= 15 is 0 Å². The Bertz CT molecular complexity index is 1190. The van der Waals surface area contributed by atoms with Crippen LogP contribution in [0.5, 0.6) is 11.8 Å². The molecule has 0 bridgehead atoms. The number of halogens is 1. The van der Waals surface area contributed by atoms with Crippen LogP contribution in [0.15, 0.2) is 85.2 Å². The molecule has 30 heavy (non-hydrogen) atoms. The molecule has 148 valence electrons. The van der Waals surface area contributed by atoms with Crippen molar-refractivity contribution in [1.29, 1.82) is 0 Å². The molecule has 2 heterocycles. The number of carbonyl (C=O) groups excluding carboxylic acids is 2. The zero-order valence-electron chi connectivity index (χ0n) is 15.7. The summed E-state index contributed by atoms with van der Waals surface area (Å²) in [5.41, 5.74) is 0.922. The van der Waals surface area contributed by atoms with Crippen molar-refractivity contribution in [2.75, 3.05) is 0 Å². The summed E-state index contributed by atoms with van der Waals surface area (Å²) in [6, 6.07) is 19.3. The Morgan fingerprint density at radius 2 is 1.70 bits per heavy atom. The number of ether oxygens (including phenoxy) is 1. The Kier molecular flexibility index (Phi) is 5.43. The van der Waals surface area contributed by atoms with E-state index in [1.54, 1.807) is 24.3 Å². The maximum absolute atomic E-state index is 13.1. The van der Waals surface area contributed by atoms with Crippen LogP contribution in [0.4, 0.5) is 4.39 Å². The molecule has 2 aromatic carbocycles. The number of nitrogens with zero attached hydrogens (tertiary/aromatic N) is 3. The van der Waals surface area contributed by atoms with E-state index in [9.17, 15) is 14.0 Å². The number of rotatable bonds is 6. The summed E-state index contributed by atoms with van der Waals surface area (Å²) < 4.78 is 19.9. The zero-order valence-corrected chi connectivity index (χ0v) is 15.7. The number of ketones is 1. The summed E-state index contributed by atoms with van der Waals surface area (Å²) >= 11 is 0. The third-order valence-corrected chi connectivity index (χ3v) is 4.34. The van der Waals surface area contributed by atoms with E-state index < -0.39 is 5.78 Å². The molecule has 0 atom stereocenters. The molecule has 0 radical (unpaired) electrons. The fraction of sp³-hybridized carbons (Fsp3) is 0.0435. The molecule has 0 aliphatic carbocycles. The molecule has 0 fully saturated rings. The van der Waals surface area contributed by atoms with Crippen molar-refractivity contribution in [2.24, 2.45) is 0 Å². The highest BCUT2D eigenvalue weighted by atomic mass is 19.1. The summed E-state index contributed by atoms with van der Waals surface area (Å²) in [6.45, 7) is 0. The molecule has 0 unspecified atom stereocenters. The van der Waals surface area contributed by atoms with Crippen molar-refractivity contribution in [3.05, 3.63) is 108 Å². The number of carbonyl (C=O) groups is 2. The molecule has 0 aliphatic rings. The van der Waals surface area contributed by atoms with Gasteiger partial charge in [0, 0.05) is 12.4 Å². The summed E-state index contributed by atoms with van der Waals surface area (Å²) in [5.74, 6) is -0.585. The normalized spacial score (nSPS) is 10.6. The molecule has 6 nitrogen and oxygen atoms in total. The molecule has 0 saturated carbocycles. The van der Waals surface area contributed by atoms with Crippen molar-refractivity contribution in [2.45, 2.75) is 6.42 Å². The minimum Gasteiger partial charge on any atom is -0.424 e. The van der Waals surface area contributed by atoms with Crippen molar-refractivity contribution in [3.63, 3.8) is 0 Å². The first-order valence-corrected chi connectivity index (χ1v) is 9.16. The molecule has 2 aromatic heterocycles. The first kappa shape index (κ1) is 19.2. The van der Waals surface area contributed by atoms with Crippen molar-refractivity contribution in [3.8, 4) is 11.8 Å². The lowest BCUT2D eigenvalue weighted by Crippen LogP contribution is -2.19. The standard InChI is InChI=1S/C23H16FN3O3/c24-17-10-8-16(9-11-17)15-21(28)27-14-4-7-20(27)22(29)19-12-13-25-23(26-19)30-18-5-2-1-3-6-18/h1-14H,15H2. The predicted octanol–water partition coefficient (Wildman–Crippen LogP) is 4.32. The maximum atomic E-state index is 13.1. The first-order valence-electron chi connectivity index (χ1n) is 9.16. The van der Waals surface area contributed by atoms with Gasteiger partial charge in [-0.2, -0.15) is 4.98 Å². The third kappa shape index (κ3) is 4.30. The molecule has 0 aliphatic heterocycles. The molecule has 0 amide bonds. The summed E-state index contributed by atoms with van der Waals surface area (Å²) in [6.07, 6.45) is 2.97. The second-order valence-electron chi connectivity index (χ2n) is 6.43. The maximum Gasteiger partial charge on any atom is 0.322 e. The summed E-state index contributed by atoms with van der Waals surface area (Å²) in [4.78, 5) is 33.8. The van der Waals surface area contributed by atoms with Crippen LogP contribution in [0.3, 0.4) is 0 Å². The third-order valence-electron chi connectivity index (χ3n) is 4.34. The van der Waals surface area contributed by atoms with E-state index in [2.05, 4.69) is 9.97 Å². The highest BCUT2D eigenvalue weighted by molar-refractivity contribution is 6.08. The van der Waals surface area contributed by atoms with Gasteiger partial charge in [-0.3, -0.25) is 14.2 Å². The average molecular weight is 401 g/mol. The monoisotopic (exact) mass is 401 g/mol. The van der Waals surface area contributed by atoms with E-state index in [1.807, 2.05) is 18.2 Å². The van der Waals surface area contributed by atoms with Crippen molar-refractivity contribution < 1.29 is 18.7 Å². The van der Waals surface area contributed by atoms with Gasteiger partial charge in [0.15, 0.2) is 0 Å². The average Bonchev–Trinajstić information content (AvgIpc) is 3.26. The smallest absolute Gasteiger partial charge is 0.322 e. The Morgan fingerprint density at radius 3 is 2.47 bits per heavy atom. The van der Waals surface area contributed by atoms with Gasteiger partial charge in [0.2, 0.25) is 11.7 Å². The number of benzene rings is 2. The van der Waals surface area contributed by atoms with Gasteiger partial charge in [0.25, 0.3) is 0 Å². The number of hydrogen-bond donors (Lipinski definition) is 0. The Hall–Kier alpha value is -4.13. The van der Waals surface area contributed by atoms with Crippen molar-refractivity contribution >= 4 is 11.7 Å². The van der Waals surface area contributed by atoms with Crippen LogP contribution in [0.1, 0.15) is 26.5 Å². The van der Waals surface area contributed by atoms with Gasteiger partial charge in [-0.1, -0.05) is 30.3 Å². The lowest BCUT2D eigenvalue weighted by Gasteiger charge is -2.08. The van der Waals surface area contributed by atoms with Crippen LogP contribution in [0.2, 0.25) is 0 Å². The zero-order chi connectivity index (χ0) is 20.9. The minimum absolute atomic E-state index is 0.0291. The number of aromatic nitrogens is 3. The Morgan fingerprint density at radius 1 is 0.933 bits per heavy atom. The second kappa shape index (κ2) is 8.48. The van der Waals surface area contributed by atoms with E-state index in [0.717, 1.165) is 0 Å². The Labute approximate surface area is 171 Å². The lowest BCUT2D eigenvalue weighted by molar-refractivity contribution is 0.0893.